The Balaban J connectivity index is 1.63. The van der Waals surface area contributed by atoms with Crippen LogP contribution in [-0.4, -0.2) is 22.6 Å². The van der Waals surface area contributed by atoms with Gasteiger partial charge in [0, 0.05) is 18.0 Å². The number of furan rings is 1. The molecule has 0 bridgehead atoms. The predicted molar refractivity (Wildman–Crippen MR) is 98.6 cm³/mol. The van der Waals surface area contributed by atoms with E-state index in [1.807, 2.05) is 53.1 Å². The SMILES string of the molecule is Clc1ccc2nc(-c3ccco3)c(Nc3ccc4c(c3)OCCO4)n2c1. The van der Waals surface area contributed by atoms with Crippen molar-refractivity contribution < 1.29 is 13.9 Å². The molecule has 0 radical (unpaired) electrons. The van der Waals surface area contributed by atoms with E-state index in [1.54, 1.807) is 6.26 Å². The first-order valence-electron chi connectivity index (χ1n) is 8.16. The number of hydrogen-bond donors (Lipinski definition) is 1. The lowest BCUT2D eigenvalue weighted by Crippen LogP contribution is -2.15. The van der Waals surface area contributed by atoms with Crippen LogP contribution in [0.25, 0.3) is 17.1 Å². The molecule has 0 amide bonds. The van der Waals surface area contributed by atoms with E-state index in [2.05, 4.69) is 10.3 Å². The molecule has 0 saturated carbocycles. The van der Waals surface area contributed by atoms with E-state index in [0.29, 0.717) is 35.4 Å². The first-order chi connectivity index (χ1) is 12.8. The van der Waals surface area contributed by atoms with E-state index < -0.39 is 0 Å². The van der Waals surface area contributed by atoms with Gasteiger partial charge in [0.2, 0.25) is 0 Å². The van der Waals surface area contributed by atoms with Crippen molar-refractivity contribution in [2.24, 2.45) is 0 Å². The number of halogens is 1. The van der Waals surface area contributed by atoms with Gasteiger partial charge in [-0.05, 0) is 36.4 Å². The van der Waals surface area contributed by atoms with Gasteiger partial charge in [0.25, 0.3) is 0 Å². The summed E-state index contributed by atoms with van der Waals surface area (Å²) in [6.07, 6.45) is 3.44. The standard InChI is InChI=1S/C19H14ClN3O3/c20-12-3-6-17-22-18(15-2-1-7-24-15)19(23(17)11-12)21-13-4-5-14-16(10-13)26-9-8-25-14/h1-7,10-11,21H,8-9H2. The van der Waals surface area contributed by atoms with Crippen LogP contribution < -0.4 is 14.8 Å². The van der Waals surface area contributed by atoms with Crippen molar-refractivity contribution in [3.8, 4) is 23.0 Å². The smallest absolute Gasteiger partial charge is 0.163 e. The maximum absolute atomic E-state index is 6.19. The molecule has 3 aromatic heterocycles. The molecule has 7 heteroatoms. The molecule has 1 N–H and O–H groups in total. The third kappa shape index (κ3) is 2.55. The van der Waals surface area contributed by atoms with Crippen molar-refractivity contribution in [1.29, 1.82) is 0 Å². The number of nitrogens with zero attached hydrogens (tertiary/aromatic N) is 2. The second-order valence-electron chi connectivity index (χ2n) is 5.85. The molecular weight excluding hydrogens is 354 g/mol. The molecule has 0 atom stereocenters. The molecule has 130 valence electrons. The summed E-state index contributed by atoms with van der Waals surface area (Å²) in [4.78, 5) is 4.67. The summed E-state index contributed by atoms with van der Waals surface area (Å²) in [6.45, 7) is 1.10. The Hall–Kier alpha value is -3.12. The summed E-state index contributed by atoms with van der Waals surface area (Å²) >= 11 is 6.19. The zero-order valence-corrected chi connectivity index (χ0v) is 14.4. The average molecular weight is 368 g/mol. The Morgan fingerprint density at radius 2 is 1.92 bits per heavy atom. The summed E-state index contributed by atoms with van der Waals surface area (Å²) in [5.74, 6) is 2.89. The molecule has 0 unspecified atom stereocenters. The number of ether oxygens (including phenoxy) is 2. The van der Waals surface area contributed by atoms with Crippen LogP contribution in [-0.2, 0) is 0 Å². The van der Waals surface area contributed by atoms with Crippen LogP contribution in [0.4, 0.5) is 11.5 Å². The molecule has 0 aliphatic carbocycles. The molecule has 4 aromatic rings. The van der Waals surface area contributed by atoms with Crippen LogP contribution in [0.5, 0.6) is 11.5 Å². The van der Waals surface area contributed by atoms with Gasteiger partial charge >= 0.3 is 0 Å². The minimum Gasteiger partial charge on any atom is -0.486 e. The summed E-state index contributed by atoms with van der Waals surface area (Å²) in [7, 11) is 0. The fourth-order valence-electron chi connectivity index (χ4n) is 2.98. The van der Waals surface area contributed by atoms with Gasteiger partial charge in [0.05, 0.1) is 11.3 Å². The van der Waals surface area contributed by atoms with Crippen molar-refractivity contribution in [3.05, 3.63) is 59.9 Å². The lowest BCUT2D eigenvalue weighted by atomic mass is 10.2. The maximum Gasteiger partial charge on any atom is 0.163 e. The lowest BCUT2D eigenvalue weighted by molar-refractivity contribution is 0.171. The van der Waals surface area contributed by atoms with Crippen LogP contribution in [0, 0.1) is 0 Å². The Bertz CT molecular complexity index is 1090. The predicted octanol–water partition coefficient (Wildman–Crippen LogP) is 4.76. The summed E-state index contributed by atoms with van der Waals surface area (Å²) in [5.41, 5.74) is 2.32. The van der Waals surface area contributed by atoms with Gasteiger partial charge in [-0.2, -0.15) is 0 Å². The first-order valence-corrected chi connectivity index (χ1v) is 8.54. The molecule has 0 fully saturated rings. The minimum atomic E-state index is 0.541. The van der Waals surface area contributed by atoms with Crippen molar-refractivity contribution in [3.63, 3.8) is 0 Å². The third-order valence-electron chi connectivity index (χ3n) is 4.14. The Morgan fingerprint density at radius 3 is 2.77 bits per heavy atom. The van der Waals surface area contributed by atoms with Gasteiger partial charge in [-0.15, -0.1) is 0 Å². The lowest BCUT2D eigenvalue weighted by Gasteiger charge is -2.19. The Labute approximate surface area is 153 Å². The van der Waals surface area contributed by atoms with Crippen molar-refractivity contribution in [2.45, 2.75) is 0 Å². The van der Waals surface area contributed by atoms with Gasteiger partial charge in [-0.1, -0.05) is 11.6 Å². The molecule has 1 aromatic carbocycles. The van der Waals surface area contributed by atoms with E-state index in [9.17, 15) is 0 Å². The number of hydrogen-bond acceptors (Lipinski definition) is 5. The van der Waals surface area contributed by atoms with E-state index >= 15 is 0 Å². The molecule has 6 nitrogen and oxygen atoms in total. The summed E-state index contributed by atoms with van der Waals surface area (Å²) < 4.78 is 18.7. The van der Waals surface area contributed by atoms with E-state index in [4.69, 9.17) is 25.5 Å². The fraction of sp³-hybridized carbons (Fsp3) is 0.105. The van der Waals surface area contributed by atoms with Gasteiger partial charge in [-0.25, -0.2) is 4.98 Å². The number of benzene rings is 1. The Morgan fingerprint density at radius 1 is 1.04 bits per heavy atom. The molecule has 1 aliphatic heterocycles. The normalized spacial score (nSPS) is 13.1. The summed E-state index contributed by atoms with van der Waals surface area (Å²) in [6, 6.07) is 13.1. The van der Waals surface area contributed by atoms with Crippen LogP contribution in [0.2, 0.25) is 5.02 Å². The van der Waals surface area contributed by atoms with E-state index in [0.717, 1.165) is 22.9 Å². The summed E-state index contributed by atoms with van der Waals surface area (Å²) in [5, 5.41) is 4.02. The third-order valence-corrected chi connectivity index (χ3v) is 4.37. The van der Waals surface area contributed by atoms with Gasteiger partial charge in [0.15, 0.2) is 17.3 Å². The zero-order valence-electron chi connectivity index (χ0n) is 13.6. The first kappa shape index (κ1) is 15.2. The minimum absolute atomic E-state index is 0.541. The molecule has 0 saturated heterocycles. The van der Waals surface area contributed by atoms with Gasteiger partial charge in [-0.3, -0.25) is 4.40 Å². The number of pyridine rings is 1. The number of rotatable bonds is 3. The van der Waals surface area contributed by atoms with Gasteiger partial charge < -0.3 is 19.2 Å². The van der Waals surface area contributed by atoms with E-state index in [1.165, 1.54) is 0 Å². The van der Waals surface area contributed by atoms with Crippen molar-refractivity contribution >= 4 is 28.8 Å². The number of fused-ring (bicyclic) bond motifs is 2. The zero-order chi connectivity index (χ0) is 17.5. The van der Waals surface area contributed by atoms with Crippen LogP contribution in [0.1, 0.15) is 0 Å². The Kier molecular flexibility index (Phi) is 3.50. The highest BCUT2D eigenvalue weighted by Crippen LogP contribution is 2.36. The highest BCUT2D eigenvalue weighted by atomic mass is 35.5. The molecule has 0 spiro atoms. The quantitative estimate of drug-likeness (QED) is 0.565. The highest BCUT2D eigenvalue weighted by molar-refractivity contribution is 6.30. The number of anilines is 2. The topological polar surface area (TPSA) is 60.9 Å². The van der Waals surface area contributed by atoms with Crippen molar-refractivity contribution in [1.82, 2.24) is 9.38 Å². The molecule has 4 heterocycles. The number of nitrogens with one attached hydrogen (secondary N) is 1. The van der Waals surface area contributed by atoms with Crippen LogP contribution in [0.15, 0.2) is 59.3 Å². The molecule has 1 aliphatic rings. The average Bonchev–Trinajstić information content (AvgIpc) is 3.30. The van der Waals surface area contributed by atoms with E-state index in [-0.39, 0.29) is 0 Å². The molecule has 5 rings (SSSR count). The van der Waals surface area contributed by atoms with Crippen LogP contribution in [0.3, 0.4) is 0 Å². The maximum atomic E-state index is 6.19. The number of aromatic nitrogens is 2. The number of imidazole rings is 1. The van der Waals surface area contributed by atoms with Crippen molar-refractivity contribution in [2.75, 3.05) is 18.5 Å². The molecular formula is C19H14ClN3O3. The second kappa shape index (κ2) is 6.00. The second-order valence-corrected chi connectivity index (χ2v) is 6.28. The monoisotopic (exact) mass is 367 g/mol. The molecule has 26 heavy (non-hydrogen) atoms. The largest absolute Gasteiger partial charge is 0.486 e. The van der Waals surface area contributed by atoms with Gasteiger partial charge in [0.1, 0.15) is 30.4 Å². The highest BCUT2D eigenvalue weighted by Gasteiger charge is 2.18. The van der Waals surface area contributed by atoms with Crippen LogP contribution >= 0.6 is 11.6 Å². The fourth-order valence-corrected chi connectivity index (χ4v) is 3.14.